The fraction of sp³-hybridized carbons (Fsp3) is 0.333. The molecule has 3 aromatic rings. The lowest BCUT2D eigenvalue weighted by Gasteiger charge is -2.21. The summed E-state index contributed by atoms with van der Waals surface area (Å²) in [5.41, 5.74) is 4.22. The van der Waals surface area contributed by atoms with E-state index in [1.165, 1.54) is 44.8 Å². The number of ether oxygens (including phenoxy) is 2. The first kappa shape index (κ1) is 16.6. The van der Waals surface area contributed by atoms with Gasteiger partial charge in [0.1, 0.15) is 5.65 Å². The molecule has 2 aromatic heterocycles. The first-order chi connectivity index (χ1) is 12.7. The van der Waals surface area contributed by atoms with Crippen LogP contribution in [0.15, 0.2) is 48.8 Å². The molecule has 134 valence electrons. The third kappa shape index (κ3) is 3.43. The standard InChI is InChI=1S/C21H22N2O3/c1-25-21(24)26-18-11-12-20-22-19(14-23(20)13-18)17-9-7-16(8-10-17)15-5-3-2-4-6-15/h7-15H,2-6H2,1H3. The fourth-order valence-corrected chi connectivity index (χ4v) is 3.67. The van der Waals surface area contributed by atoms with E-state index < -0.39 is 6.16 Å². The molecule has 0 spiro atoms. The molecule has 1 fully saturated rings. The number of imidazole rings is 1. The summed E-state index contributed by atoms with van der Waals surface area (Å²) in [6.07, 6.45) is 9.59. The molecule has 1 saturated carbocycles. The monoisotopic (exact) mass is 350 g/mol. The smallest absolute Gasteiger partial charge is 0.437 e. The number of fused-ring (bicyclic) bond motifs is 1. The summed E-state index contributed by atoms with van der Waals surface area (Å²) in [5, 5.41) is 0. The van der Waals surface area contributed by atoms with Gasteiger partial charge in [0.2, 0.25) is 0 Å². The molecule has 0 saturated heterocycles. The van der Waals surface area contributed by atoms with Crippen LogP contribution in [0.25, 0.3) is 16.9 Å². The van der Waals surface area contributed by atoms with Gasteiger partial charge in [-0.3, -0.25) is 0 Å². The molecule has 0 aliphatic heterocycles. The van der Waals surface area contributed by atoms with Crippen molar-refractivity contribution in [1.29, 1.82) is 0 Å². The summed E-state index contributed by atoms with van der Waals surface area (Å²) in [6, 6.07) is 12.3. The van der Waals surface area contributed by atoms with E-state index in [0.29, 0.717) is 11.7 Å². The number of benzene rings is 1. The first-order valence-electron chi connectivity index (χ1n) is 9.08. The highest BCUT2D eigenvalue weighted by molar-refractivity contribution is 5.65. The number of carbonyl (C=O) groups is 1. The van der Waals surface area contributed by atoms with Gasteiger partial charge in [-0.2, -0.15) is 0 Å². The topological polar surface area (TPSA) is 52.8 Å². The van der Waals surface area contributed by atoms with Crippen molar-refractivity contribution >= 4 is 11.8 Å². The minimum atomic E-state index is -0.733. The number of nitrogens with zero attached hydrogens (tertiary/aromatic N) is 2. The van der Waals surface area contributed by atoms with Crippen LogP contribution in [0.2, 0.25) is 0 Å². The van der Waals surface area contributed by atoms with Gasteiger partial charge in [0.15, 0.2) is 5.75 Å². The van der Waals surface area contributed by atoms with Gasteiger partial charge in [0.05, 0.1) is 19.0 Å². The van der Waals surface area contributed by atoms with Crippen LogP contribution in [-0.2, 0) is 4.74 Å². The predicted molar refractivity (Wildman–Crippen MR) is 99.5 cm³/mol. The van der Waals surface area contributed by atoms with Crippen molar-refractivity contribution in [3.63, 3.8) is 0 Å². The number of rotatable bonds is 3. The highest BCUT2D eigenvalue weighted by Crippen LogP contribution is 2.33. The van der Waals surface area contributed by atoms with E-state index in [4.69, 9.17) is 4.74 Å². The molecule has 0 unspecified atom stereocenters. The van der Waals surface area contributed by atoms with Gasteiger partial charge >= 0.3 is 6.16 Å². The highest BCUT2D eigenvalue weighted by Gasteiger charge is 2.15. The van der Waals surface area contributed by atoms with E-state index in [9.17, 15) is 4.79 Å². The molecule has 4 rings (SSSR count). The van der Waals surface area contributed by atoms with Gasteiger partial charge in [0.25, 0.3) is 0 Å². The van der Waals surface area contributed by atoms with Crippen molar-refractivity contribution in [2.45, 2.75) is 38.0 Å². The summed E-state index contributed by atoms with van der Waals surface area (Å²) < 4.78 is 11.4. The SMILES string of the molecule is COC(=O)Oc1ccc2nc(-c3ccc(C4CCCCC4)cc3)cn2c1. The van der Waals surface area contributed by atoms with E-state index in [-0.39, 0.29) is 0 Å². The van der Waals surface area contributed by atoms with Gasteiger partial charge in [-0.15, -0.1) is 0 Å². The third-order valence-corrected chi connectivity index (χ3v) is 5.07. The van der Waals surface area contributed by atoms with Gasteiger partial charge in [0, 0.05) is 11.8 Å². The molecule has 2 heterocycles. The van der Waals surface area contributed by atoms with Crippen molar-refractivity contribution in [2.75, 3.05) is 7.11 Å². The molecular formula is C21H22N2O3. The average Bonchev–Trinajstić information content (AvgIpc) is 3.12. The Kier molecular flexibility index (Phi) is 4.61. The first-order valence-corrected chi connectivity index (χ1v) is 9.08. The normalized spacial score (nSPS) is 15.1. The molecule has 0 bridgehead atoms. The Balaban J connectivity index is 1.56. The number of methoxy groups -OCH3 is 1. The van der Waals surface area contributed by atoms with Crippen LogP contribution < -0.4 is 4.74 Å². The zero-order chi connectivity index (χ0) is 17.9. The second-order valence-corrected chi connectivity index (χ2v) is 6.77. The Bertz CT molecular complexity index is 909. The summed E-state index contributed by atoms with van der Waals surface area (Å²) >= 11 is 0. The van der Waals surface area contributed by atoms with Gasteiger partial charge in [-0.05, 0) is 36.5 Å². The second-order valence-electron chi connectivity index (χ2n) is 6.77. The minimum Gasteiger partial charge on any atom is -0.437 e. The van der Waals surface area contributed by atoms with Crippen LogP contribution in [-0.4, -0.2) is 22.6 Å². The van der Waals surface area contributed by atoms with Crippen LogP contribution in [0, 0.1) is 0 Å². The lowest BCUT2D eigenvalue weighted by Crippen LogP contribution is -2.07. The van der Waals surface area contributed by atoms with Crippen molar-refractivity contribution < 1.29 is 14.3 Å². The van der Waals surface area contributed by atoms with Crippen LogP contribution in [0.1, 0.15) is 43.6 Å². The van der Waals surface area contributed by atoms with Crippen LogP contribution in [0.3, 0.4) is 0 Å². The van der Waals surface area contributed by atoms with E-state index in [2.05, 4.69) is 34.0 Å². The van der Waals surface area contributed by atoms with Crippen LogP contribution in [0.4, 0.5) is 4.79 Å². The lowest BCUT2D eigenvalue weighted by molar-refractivity contribution is 0.121. The van der Waals surface area contributed by atoms with Gasteiger partial charge in [-0.1, -0.05) is 43.5 Å². The molecule has 5 nitrogen and oxygen atoms in total. The lowest BCUT2D eigenvalue weighted by atomic mass is 9.84. The van der Waals surface area contributed by atoms with E-state index in [1.54, 1.807) is 12.3 Å². The Morgan fingerprint density at radius 1 is 1.04 bits per heavy atom. The van der Waals surface area contributed by atoms with Crippen molar-refractivity contribution in [1.82, 2.24) is 9.38 Å². The Morgan fingerprint density at radius 3 is 2.54 bits per heavy atom. The maximum absolute atomic E-state index is 11.2. The maximum atomic E-state index is 11.2. The summed E-state index contributed by atoms with van der Waals surface area (Å²) in [5.74, 6) is 1.12. The van der Waals surface area contributed by atoms with Crippen molar-refractivity contribution in [3.05, 3.63) is 54.4 Å². The van der Waals surface area contributed by atoms with Crippen LogP contribution in [0.5, 0.6) is 5.75 Å². The predicted octanol–water partition coefficient (Wildman–Crippen LogP) is 5.19. The summed E-state index contributed by atoms with van der Waals surface area (Å²) in [4.78, 5) is 15.9. The average molecular weight is 350 g/mol. The van der Waals surface area contributed by atoms with E-state index in [0.717, 1.165) is 16.9 Å². The number of aromatic nitrogens is 2. The number of carbonyl (C=O) groups excluding carboxylic acids is 1. The number of pyridine rings is 1. The van der Waals surface area contributed by atoms with Crippen molar-refractivity contribution in [2.24, 2.45) is 0 Å². The molecule has 26 heavy (non-hydrogen) atoms. The molecule has 0 radical (unpaired) electrons. The van der Waals surface area contributed by atoms with Crippen molar-refractivity contribution in [3.8, 4) is 17.0 Å². The molecular weight excluding hydrogens is 328 g/mol. The van der Waals surface area contributed by atoms with Gasteiger partial charge in [-0.25, -0.2) is 9.78 Å². The maximum Gasteiger partial charge on any atom is 0.513 e. The summed E-state index contributed by atoms with van der Waals surface area (Å²) in [7, 11) is 1.28. The molecule has 0 N–H and O–H groups in total. The quantitative estimate of drug-likeness (QED) is 0.610. The molecule has 5 heteroatoms. The highest BCUT2D eigenvalue weighted by atomic mass is 16.7. The molecule has 1 aliphatic rings. The Labute approximate surface area is 152 Å². The number of hydrogen-bond donors (Lipinski definition) is 0. The van der Waals surface area contributed by atoms with E-state index in [1.807, 2.05) is 16.7 Å². The third-order valence-electron chi connectivity index (χ3n) is 5.07. The zero-order valence-corrected chi connectivity index (χ0v) is 14.9. The molecule has 1 aliphatic carbocycles. The fourth-order valence-electron chi connectivity index (χ4n) is 3.67. The van der Waals surface area contributed by atoms with E-state index >= 15 is 0 Å². The molecule has 1 aromatic carbocycles. The molecule has 0 amide bonds. The minimum absolute atomic E-state index is 0.418. The second kappa shape index (κ2) is 7.20. The summed E-state index contributed by atoms with van der Waals surface area (Å²) in [6.45, 7) is 0. The largest absolute Gasteiger partial charge is 0.513 e. The Morgan fingerprint density at radius 2 is 1.81 bits per heavy atom. The molecule has 0 atom stereocenters. The zero-order valence-electron chi connectivity index (χ0n) is 14.9. The number of hydrogen-bond acceptors (Lipinski definition) is 4. The van der Waals surface area contributed by atoms with Crippen LogP contribution >= 0.6 is 0 Å². The Hall–Kier alpha value is -2.82. The van der Waals surface area contributed by atoms with Gasteiger partial charge < -0.3 is 13.9 Å².